The number of aliphatic hydroxyl groups excluding tert-OH is 1. The summed E-state index contributed by atoms with van der Waals surface area (Å²) >= 11 is 0. The topological polar surface area (TPSA) is 57.5 Å². The van der Waals surface area contributed by atoms with Crippen LogP contribution in [0.2, 0.25) is 0 Å². The third-order valence-electron chi connectivity index (χ3n) is 5.26. The average Bonchev–Trinajstić information content (AvgIpc) is 2.53. The van der Waals surface area contributed by atoms with Crippen molar-refractivity contribution in [3.8, 4) is 0 Å². The van der Waals surface area contributed by atoms with Crippen LogP contribution in [-0.2, 0) is 17.6 Å². The van der Waals surface area contributed by atoms with Gasteiger partial charge in [0.25, 0.3) is 0 Å². The summed E-state index contributed by atoms with van der Waals surface area (Å²) in [6.07, 6.45) is 7.54. The third-order valence-corrected chi connectivity index (χ3v) is 5.26. The van der Waals surface area contributed by atoms with Crippen molar-refractivity contribution in [1.29, 1.82) is 0 Å². The Hall–Kier alpha value is -1.35. The highest BCUT2D eigenvalue weighted by molar-refractivity contribution is 5.70. The summed E-state index contributed by atoms with van der Waals surface area (Å²) in [6.45, 7) is 0. The summed E-state index contributed by atoms with van der Waals surface area (Å²) in [5.41, 5.74) is 3.66. The molecule has 21 heavy (non-hydrogen) atoms. The third kappa shape index (κ3) is 2.98. The summed E-state index contributed by atoms with van der Waals surface area (Å²) < 4.78 is 0. The van der Waals surface area contributed by atoms with E-state index in [2.05, 4.69) is 12.1 Å². The predicted molar refractivity (Wildman–Crippen MR) is 81.1 cm³/mol. The van der Waals surface area contributed by atoms with Crippen LogP contribution in [0.15, 0.2) is 18.2 Å². The minimum atomic E-state index is -0.753. The number of fused-ring (bicyclic) bond motifs is 1. The van der Waals surface area contributed by atoms with E-state index < -0.39 is 18.0 Å². The van der Waals surface area contributed by atoms with E-state index in [4.69, 9.17) is 0 Å². The number of hydrogen-bond acceptors (Lipinski definition) is 2. The highest BCUT2D eigenvalue weighted by Gasteiger charge is 2.36. The number of rotatable bonds is 3. The Morgan fingerprint density at radius 1 is 1.05 bits per heavy atom. The Balaban J connectivity index is 1.83. The summed E-state index contributed by atoms with van der Waals surface area (Å²) in [5, 5.41) is 20.1. The molecule has 0 heterocycles. The number of aryl methyl sites for hydroxylation is 2. The molecule has 2 aliphatic rings. The standard InChI is InChI=1S/C18H24O3/c19-17(15-7-3-4-8-16(15)18(20)21)14-10-9-12-5-1-2-6-13(12)11-14/h9-11,15-17,19H,1-8H2,(H,20,21). The second-order valence-electron chi connectivity index (χ2n) is 6.57. The van der Waals surface area contributed by atoms with Gasteiger partial charge in [-0.05, 0) is 55.2 Å². The molecule has 0 amide bonds. The van der Waals surface area contributed by atoms with Gasteiger partial charge in [0, 0.05) is 5.92 Å². The Morgan fingerprint density at radius 2 is 1.76 bits per heavy atom. The maximum atomic E-state index is 11.4. The first-order valence-electron chi connectivity index (χ1n) is 8.19. The number of benzene rings is 1. The van der Waals surface area contributed by atoms with Gasteiger partial charge in [-0.25, -0.2) is 0 Å². The number of carboxylic acid groups (broad SMARTS) is 1. The molecule has 3 atom stereocenters. The fraction of sp³-hybridized carbons (Fsp3) is 0.611. The maximum absolute atomic E-state index is 11.4. The lowest BCUT2D eigenvalue weighted by atomic mass is 9.74. The molecule has 3 nitrogen and oxygen atoms in total. The molecule has 0 bridgehead atoms. The molecule has 0 radical (unpaired) electrons. The Bertz CT molecular complexity index is 523. The van der Waals surface area contributed by atoms with Crippen LogP contribution in [0.4, 0.5) is 0 Å². The molecule has 2 N–H and O–H groups in total. The van der Waals surface area contributed by atoms with Crippen molar-refractivity contribution < 1.29 is 15.0 Å². The van der Waals surface area contributed by atoms with E-state index in [-0.39, 0.29) is 5.92 Å². The second-order valence-corrected chi connectivity index (χ2v) is 6.57. The van der Waals surface area contributed by atoms with Crippen molar-refractivity contribution in [2.75, 3.05) is 0 Å². The van der Waals surface area contributed by atoms with Gasteiger partial charge in [0.15, 0.2) is 0 Å². The molecule has 1 aromatic rings. The van der Waals surface area contributed by atoms with E-state index in [1.54, 1.807) is 0 Å². The highest BCUT2D eigenvalue weighted by Crippen LogP contribution is 2.39. The van der Waals surface area contributed by atoms with Gasteiger partial charge in [-0.15, -0.1) is 0 Å². The highest BCUT2D eigenvalue weighted by atomic mass is 16.4. The normalized spacial score (nSPS) is 26.9. The molecule has 1 saturated carbocycles. The predicted octanol–water partition coefficient (Wildman–Crippen LogP) is 3.49. The van der Waals surface area contributed by atoms with E-state index in [0.29, 0.717) is 6.42 Å². The molecule has 3 rings (SSSR count). The Labute approximate surface area is 126 Å². The zero-order chi connectivity index (χ0) is 14.8. The van der Waals surface area contributed by atoms with Gasteiger partial charge >= 0.3 is 5.97 Å². The van der Waals surface area contributed by atoms with Crippen molar-refractivity contribution in [1.82, 2.24) is 0 Å². The minimum absolute atomic E-state index is 0.141. The molecule has 1 aromatic carbocycles. The first-order chi connectivity index (χ1) is 10.2. The molecule has 3 unspecified atom stereocenters. The maximum Gasteiger partial charge on any atom is 0.306 e. The number of aliphatic hydroxyl groups is 1. The molecule has 114 valence electrons. The van der Waals surface area contributed by atoms with Crippen molar-refractivity contribution in [3.63, 3.8) is 0 Å². The number of carboxylic acids is 1. The van der Waals surface area contributed by atoms with Gasteiger partial charge in [-0.3, -0.25) is 4.79 Å². The summed E-state index contributed by atoms with van der Waals surface area (Å²) in [6, 6.07) is 6.25. The Kier molecular flexibility index (Phi) is 4.29. The van der Waals surface area contributed by atoms with Gasteiger partial charge < -0.3 is 10.2 Å². The van der Waals surface area contributed by atoms with Crippen LogP contribution in [0.25, 0.3) is 0 Å². The summed E-state index contributed by atoms with van der Waals surface area (Å²) in [5.74, 6) is -1.29. The zero-order valence-corrected chi connectivity index (χ0v) is 12.4. The lowest BCUT2D eigenvalue weighted by Gasteiger charge is -2.33. The van der Waals surface area contributed by atoms with Gasteiger partial charge in [0.1, 0.15) is 0 Å². The SMILES string of the molecule is O=C(O)C1CCCCC1C(O)c1ccc2c(c1)CCCC2. The van der Waals surface area contributed by atoms with Gasteiger partial charge in [-0.1, -0.05) is 31.0 Å². The molecule has 0 saturated heterocycles. The largest absolute Gasteiger partial charge is 0.481 e. The van der Waals surface area contributed by atoms with Crippen LogP contribution < -0.4 is 0 Å². The van der Waals surface area contributed by atoms with E-state index >= 15 is 0 Å². The first kappa shape index (κ1) is 14.6. The zero-order valence-electron chi connectivity index (χ0n) is 12.4. The van der Waals surface area contributed by atoms with E-state index in [1.807, 2.05) is 6.07 Å². The van der Waals surface area contributed by atoms with Crippen LogP contribution in [0.3, 0.4) is 0 Å². The summed E-state index contributed by atoms with van der Waals surface area (Å²) in [7, 11) is 0. The number of aliphatic carboxylic acids is 1. The molecular formula is C18H24O3. The van der Waals surface area contributed by atoms with Crippen LogP contribution in [0.5, 0.6) is 0 Å². The van der Waals surface area contributed by atoms with Crippen LogP contribution in [0.1, 0.15) is 61.3 Å². The monoisotopic (exact) mass is 288 g/mol. The second kappa shape index (κ2) is 6.18. The first-order valence-corrected chi connectivity index (χ1v) is 8.19. The quantitative estimate of drug-likeness (QED) is 0.895. The van der Waals surface area contributed by atoms with Crippen LogP contribution >= 0.6 is 0 Å². The van der Waals surface area contributed by atoms with Crippen LogP contribution in [0, 0.1) is 11.8 Å². The molecule has 0 aromatic heterocycles. The average molecular weight is 288 g/mol. The Morgan fingerprint density at radius 3 is 2.52 bits per heavy atom. The lowest BCUT2D eigenvalue weighted by molar-refractivity contribution is -0.147. The van der Waals surface area contributed by atoms with Gasteiger partial charge in [0.2, 0.25) is 0 Å². The van der Waals surface area contributed by atoms with Crippen molar-refractivity contribution in [2.45, 2.75) is 57.5 Å². The molecule has 3 heteroatoms. The molecule has 1 fully saturated rings. The summed E-state index contributed by atoms with van der Waals surface area (Å²) in [4.78, 5) is 11.4. The van der Waals surface area contributed by atoms with Crippen LogP contribution in [-0.4, -0.2) is 16.2 Å². The fourth-order valence-electron chi connectivity index (χ4n) is 4.03. The van der Waals surface area contributed by atoms with Crippen molar-refractivity contribution >= 4 is 5.97 Å². The lowest BCUT2D eigenvalue weighted by Crippen LogP contribution is -2.31. The molecule has 2 aliphatic carbocycles. The fourth-order valence-corrected chi connectivity index (χ4v) is 4.03. The van der Waals surface area contributed by atoms with Crippen molar-refractivity contribution in [2.24, 2.45) is 11.8 Å². The van der Waals surface area contributed by atoms with E-state index in [0.717, 1.165) is 37.7 Å². The molecule has 0 aliphatic heterocycles. The van der Waals surface area contributed by atoms with Crippen molar-refractivity contribution in [3.05, 3.63) is 34.9 Å². The van der Waals surface area contributed by atoms with E-state index in [9.17, 15) is 15.0 Å². The number of hydrogen-bond donors (Lipinski definition) is 2. The van der Waals surface area contributed by atoms with E-state index in [1.165, 1.54) is 24.0 Å². The van der Waals surface area contributed by atoms with Gasteiger partial charge in [0.05, 0.1) is 12.0 Å². The van der Waals surface area contributed by atoms with Gasteiger partial charge in [-0.2, -0.15) is 0 Å². The minimum Gasteiger partial charge on any atom is -0.481 e. The molecular weight excluding hydrogens is 264 g/mol. The number of carbonyl (C=O) groups is 1. The smallest absolute Gasteiger partial charge is 0.306 e. The molecule has 0 spiro atoms.